The van der Waals surface area contributed by atoms with Crippen molar-refractivity contribution in [3.8, 4) is 0 Å². The Balaban J connectivity index is 2.45. The number of aromatic nitrogens is 2. The molecule has 19 heavy (non-hydrogen) atoms. The van der Waals surface area contributed by atoms with E-state index in [-0.39, 0.29) is 5.92 Å². The summed E-state index contributed by atoms with van der Waals surface area (Å²) in [6, 6.07) is 1.21. The van der Waals surface area contributed by atoms with Crippen molar-refractivity contribution in [3.63, 3.8) is 0 Å². The molecule has 0 radical (unpaired) electrons. The third kappa shape index (κ3) is 2.15. The molecule has 4 atom stereocenters. The molecular weight excluding hydrogens is 272 g/mol. The molecule has 1 aliphatic rings. The van der Waals surface area contributed by atoms with Crippen LogP contribution in [0.5, 0.6) is 0 Å². The molecule has 0 bridgehead atoms. The highest BCUT2D eigenvalue weighted by Crippen LogP contribution is 2.44. The summed E-state index contributed by atoms with van der Waals surface area (Å²) >= 11 is 6.28. The van der Waals surface area contributed by atoms with Crippen molar-refractivity contribution < 1.29 is 9.53 Å². The van der Waals surface area contributed by atoms with E-state index in [2.05, 4.69) is 4.98 Å². The molecule has 0 saturated carbocycles. The fourth-order valence-corrected chi connectivity index (χ4v) is 2.76. The Labute approximate surface area is 114 Å². The maximum Gasteiger partial charge on any atom is 0.330 e. The highest BCUT2D eigenvalue weighted by Gasteiger charge is 2.52. The number of aldehydes is 1. The fraction of sp³-hybridized carbons (Fsp3) is 0.583. The lowest BCUT2D eigenvalue weighted by atomic mass is 9.87. The van der Waals surface area contributed by atoms with Gasteiger partial charge in [-0.1, -0.05) is 13.8 Å². The molecule has 1 aromatic heterocycles. The predicted molar refractivity (Wildman–Crippen MR) is 69.3 cm³/mol. The second-order valence-corrected chi connectivity index (χ2v) is 5.19. The monoisotopic (exact) mass is 286 g/mol. The van der Waals surface area contributed by atoms with Crippen LogP contribution in [0.15, 0.2) is 21.9 Å². The number of carbonyl (C=O) groups is 1. The normalized spacial score (nSPS) is 34.4. The number of aromatic amines is 1. The van der Waals surface area contributed by atoms with Crippen LogP contribution in [0, 0.1) is 5.92 Å². The first-order chi connectivity index (χ1) is 8.95. The Morgan fingerprint density at radius 1 is 1.58 bits per heavy atom. The van der Waals surface area contributed by atoms with Gasteiger partial charge in [0, 0.05) is 18.2 Å². The topological polar surface area (TPSA) is 81.2 Å². The van der Waals surface area contributed by atoms with Crippen molar-refractivity contribution in [2.45, 2.75) is 37.5 Å². The van der Waals surface area contributed by atoms with Crippen LogP contribution in [-0.4, -0.2) is 26.8 Å². The molecule has 1 aromatic rings. The first kappa shape index (κ1) is 14.0. The predicted octanol–water partition coefficient (Wildman–Crippen LogP) is 0.657. The summed E-state index contributed by atoms with van der Waals surface area (Å²) < 4.78 is 6.92. The largest absolute Gasteiger partial charge is 0.342 e. The standard InChI is InChI=1S/C12H15ClN2O4/c1-3-12(6-16)7(2)9(13)10(19-12)15-5-4-8(17)14-11(15)18/h4-7,9-10H,3H2,1-2H3,(H,14,17,18)/t7-,9+,10+,12-/m0/s1. The van der Waals surface area contributed by atoms with Crippen LogP contribution in [-0.2, 0) is 9.53 Å². The van der Waals surface area contributed by atoms with E-state index in [4.69, 9.17) is 16.3 Å². The van der Waals surface area contributed by atoms with Gasteiger partial charge < -0.3 is 9.53 Å². The number of rotatable bonds is 3. The second-order valence-electron chi connectivity index (χ2n) is 4.69. The summed E-state index contributed by atoms with van der Waals surface area (Å²) in [4.78, 5) is 36.2. The van der Waals surface area contributed by atoms with Crippen LogP contribution in [0.1, 0.15) is 26.5 Å². The first-order valence-corrected chi connectivity index (χ1v) is 6.48. The van der Waals surface area contributed by atoms with Gasteiger partial charge in [-0.2, -0.15) is 0 Å². The Morgan fingerprint density at radius 2 is 2.26 bits per heavy atom. The molecule has 7 heteroatoms. The van der Waals surface area contributed by atoms with Gasteiger partial charge in [-0.3, -0.25) is 14.3 Å². The molecular formula is C12H15ClN2O4. The molecule has 1 N–H and O–H groups in total. The highest BCUT2D eigenvalue weighted by molar-refractivity contribution is 6.21. The summed E-state index contributed by atoms with van der Waals surface area (Å²) in [5.41, 5.74) is -2.09. The fourth-order valence-electron chi connectivity index (χ4n) is 2.38. The van der Waals surface area contributed by atoms with E-state index in [9.17, 15) is 14.4 Å². The average molecular weight is 287 g/mol. The molecule has 1 fully saturated rings. The molecule has 2 heterocycles. The van der Waals surface area contributed by atoms with Crippen molar-refractivity contribution in [3.05, 3.63) is 33.1 Å². The number of alkyl halides is 1. The van der Waals surface area contributed by atoms with E-state index in [0.717, 1.165) is 6.29 Å². The lowest BCUT2D eigenvalue weighted by Crippen LogP contribution is -2.37. The Hall–Kier alpha value is -1.40. The molecule has 0 unspecified atom stereocenters. The third-order valence-corrected chi connectivity index (χ3v) is 4.33. The zero-order valence-corrected chi connectivity index (χ0v) is 11.4. The molecule has 2 rings (SSSR count). The minimum absolute atomic E-state index is 0.236. The summed E-state index contributed by atoms with van der Waals surface area (Å²) in [5, 5.41) is -0.534. The van der Waals surface area contributed by atoms with Crippen molar-refractivity contribution in [2.24, 2.45) is 5.92 Å². The lowest BCUT2D eigenvalue weighted by molar-refractivity contribution is -0.138. The quantitative estimate of drug-likeness (QED) is 0.654. The third-order valence-electron chi connectivity index (χ3n) is 3.74. The SMILES string of the molecule is CC[C@@]1(C=O)O[C@@H](n2ccc(=O)[nH]c2=O)[C@H](Cl)[C@@H]1C. The number of halogens is 1. The van der Waals surface area contributed by atoms with E-state index in [1.807, 2.05) is 13.8 Å². The van der Waals surface area contributed by atoms with Gasteiger partial charge in [0.25, 0.3) is 5.56 Å². The minimum Gasteiger partial charge on any atom is -0.342 e. The molecule has 1 aliphatic heterocycles. The van der Waals surface area contributed by atoms with Gasteiger partial charge in [0.1, 0.15) is 5.60 Å². The summed E-state index contributed by atoms with van der Waals surface area (Å²) in [5.74, 6) is -0.236. The molecule has 6 nitrogen and oxygen atoms in total. The van der Waals surface area contributed by atoms with E-state index in [0.29, 0.717) is 6.42 Å². The van der Waals surface area contributed by atoms with Gasteiger partial charge in [-0.25, -0.2) is 4.79 Å². The maximum atomic E-state index is 11.7. The number of nitrogens with zero attached hydrogens (tertiary/aromatic N) is 1. The van der Waals surface area contributed by atoms with E-state index in [1.165, 1.54) is 16.8 Å². The van der Waals surface area contributed by atoms with Gasteiger partial charge in [0.2, 0.25) is 0 Å². The van der Waals surface area contributed by atoms with Gasteiger partial charge in [-0.05, 0) is 6.42 Å². The molecule has 0 spiro atoms. The number of hydrogen-bond acceptors (Lipinski definition) is 4. The smallest absolute Gasteiger partial charge is 0.330 e. The maximum absolute atomic E-state index is 11.7. The number of carbonyl (C=O) groups excluding carboxylic acids is 1. The van der Waals surface area contributed by atoms with Crippen LogP contribution < -0.4 is 11.2 Å². The second kappa shape index (κ2) is 4.94. The molecule has 0 amide bonds. The van der Waals surface area contributed by atoms with Crippen LogP contribution in [0.4, 0.5) is 0 Å². The number of hydrogen-bond donors (Lipinski definition) is 1. The molecule has 1 saturated heterocycles. The summed E-state index contributed by atoms with van der Waals surface area (Å²) in [6.45, 7) is 3.64. The molecule has 0 aliphatic carbocycles. The van der Waals surface area contributed by atoms with Crippen molar-refractivity contribution in [1.82, 2.24) is 9.55 Å². The van der Waals surface area contributed by atoms with Crippen LogP contribution in [0.2, 0.25) is 0 Å². The van der Waals surface area contributed by atoms with Crippen molar-refractivity contribution in [1.29, 1.82) is 0 Å². The van der Waals surface area contributed by atoms with E-state index >= 15 is 0 Å². The van der Waals surface area contributed by atoms with Crippen molar-refractivity contribution >= 4 is 17.9 Å². The zero-order chi connectivity index (χ0) is 14.2. The Bertz CT molecular complexity index is 596. The highest BCUT2D eigenvalue weighted by atomic mass is 35.5. The zero-order valence-electron chi connectivity index (χ0n) is 10.6. The Kier molecular flexibility index (Phi) is 3.64. The Morgan fingerprint density at radius 3 is 2.74 bits per heavy atom. The van der Waals surface area contributed by atoms with Gasteiger partial charge >= 0.3 is 5.69 Å². The van der Waals surface area contributed by atoms with Crippen LogP contribution in [0.3, 0.4) is 0 Å². The van der Waals surface area contributed by atoms with Gasteiger partial charge in [0.15, 0.2) is 12.5 Å². The lowest BCUT2D eigenvalue weighted by Gasteiger charge is -2.25. The van der Waals surface area contributed by atoms with E-state index < -0.39 is 28.5 Å². The minimum atomic E-state index is -0.993. The van der Waals surface area contributed by atoms with Gasteiger partial charge in [0.05, 0.1) is 5.38 Å². The van der Waals surface area contributed by atoms with Crippen molar-refractivity contribution in [2.75, 3.05) is 0 Å². The number of nitrogens with one attached hydrogen (secondary N) is 1. The van der Waals surface area contributed by atoms with Crippen LogP contribution >= 0.6 is 11.6 Å². The van der Waals surface area contributed by atoms with Gasteiger partial charge in [-0.15, -0.1) is 11.6 Å². The van der Waals surface area contributed by atoms with E-state index in [1.54, 1.807) is 0 Å². The summed E-state index contributed by atoms with van der Waals surface area (Å²) in [7, 11) is 0. The van der Waals surface area contributed by atoms with Crippen LogP contribution in [0.25, 0.3) is 0 Å². The molecule has 104 valence electrons. The average Bonchev–Trinajstić information content (AvgIpc) is 2.64. The first-order valence-electron chi connectivity index (χ1n) is 6.05. The number of ether oxygens (including phenoxy) is 1. The number of H-pyrrole nitrogens is 1. The molecule has 0 aromatic carbocycles. The summed E-state index contributed by atoms with van der Waals surface area (Å²) in [6.07, 6.45) is 1.76.